The molecular weight excluding hydrogens is 450 g/mol. The molecule has 2 aromatic carbocycles. The van der Waals surface area contributed by atoms with Gasteiger partial charge in [-0.15, -0.1) is 24.2 Å². The minimum absolute atomic E-state index is 0. The molecule has 3 rings (SSSR count). The molecule has 0 spiro atoms. The molecule has 1 amide bonds. The largest absolute Gasteiger partial charge is 0.492 e. The molecule has 168 valence electrons. The number of aromatic nitrogens is 1. The number of likely N-dealkylation sites (N-methyl/N-ethyl adjacent to an activating group) is 1. The molecule has 1 aromatic heterocycles. The molecular formula is C23H30ClN3O2S2. The number of amides is 1. The van der Waals surface area contributed by atoms with Crippen LogP contribution in [0.2, 0.25) is 0 Å². The highest BCUT2D eigenvalue weighted by Crippen LogP contribution is 2.34. The minimum Gasteiger partial charge on any atom is -0.492 e. The SMILES string of the molecule is CCOc1cccc2sc(N(CCN(CC)CC)C(=O)CSc3ccccc3)nc12.Cl. The molecule has 0 aliphatic heterocycles. The molecule has 0 fully saturated rings. The minimum atomic E-state index is 0. The summed E-state index contributed by atoms with van der Waals surface area (Å²) in [6.07, 6.45) is 0. The third kappa shape index (κ3) is 6.84. The fraction of sp³-hybridized carbons (Fsp3) is 0.391. The molecule has 3 aromatic rings. The fourth-order valence-corrected chi connectivity index (χ4v) is 4.97. The maximum absolute atomic E-state index is 13.2. The van der Waals surface area contributed by atoms with E-state index in [0.29, 0.717) is 18.9 Å². The number of rotatable bonds is 11. The van der Waals surface area contributed by atoms with Gasteiger partial charge in [0.2, 0.25) is 5.91 Å². The number of para-hydroxylation sites is 1. The van der Waals surface area contributed by atoms with Crippen molar-refractivity contribution in [3.63, 3.8) is 0 Å². The van der Waals surface area contributed by atoms with Crippen LogP contribution in [0.15, 0.2) is 53.4 Å². The molecule has 0 unspecified atom stereocenters. The smallest absolute Gasteiger partial charge is 0.239 e. The van der Waals surface area contributed by atoms with Gasteiger partial charge >= 0.3 is 0 Å². The van der Waals surface area contributed by atoms with E-state index in [2.05, 4.69) is 18.7 Å². The normalized spacial score (nSPS) is 10.8. The first kappa shape index (κ1) is 25.5. The number of thiazole rings is 1. The van der Waals surface area contributed by atoms with Crippen LogP contribution in [0.5, 0.6) is 5.75 Å². The van der Waals surface area contributed by atoms with E-state index in [1.54, 1.807) is 23.1 Å². The molecule has 31 heavy (non-hydrogen) atoms. The summed E-state index contributed by atoms with van der Waals surface area (Å²) in [6.45, 7) is 10.2. The molecule has 1 heterocycles. The van der Waals surface area contributed by atoms with Gasteiger partial charge in [0.25, 0.3) is 0 Å². The molecule has 0 bridgehead atoms. The van der Waals surface area contributed by atoms with Gasteiger partial charge in [-0.05, 0) is 44.3 Å². The number of benzene rings is 2. The summed E-state index contributed by atoms with van der Waals surface area (Å²) in [5, 5.41) is 0.739. The molecule has 0 aliphatic carbocycles. The van der Waals surface area contributed by atoms with Crippen LogP contribution in [0.4, 0.5) is 5.13 Å². The van der Waals surface area contributed by atoms with Crippen molar-refractivity contribution >= 4 is 56.8 Å². The summed E-state index contributed by atoms with van der Waals surface area (Å²) in [7, 11) is 0. The number of nitrogens with zero attached hydrogens (tertiary/aromatic N) is 3. The van der Waals surface area contributed by atoms with Crippen molar-refractivity contribution in [3.05, 3.63) is 48.5 Å². The zero-order chi connectivity index (χ0) is 21.3. The third-order valence-electron chi connectivity index (χ3n) is 4.84. The number of ether oxygens (including phenoxy) is 1. The van der Waals surface area contributed by atoms with E-state index >= 15 is 0 Å². The molecule has 0 atom stereocenters. The lowest BCUT2D eigenvalue weighted by molar-refractivity contribution is -0.116. The average Bonchev–Trinajstić information content (AvgIpc) is 3.21. The second-order valence-electron chi connectivity index (χ2n) is 6.71. The number of carbonyl (C=O) groups excluding carboxylic acids is 1. The van der Waals surface area contributed by atoms with Crippen LogP contribution in [0.3, 0.4) is 0 Å². The van der Waals surface area contributed by atoms with E-state index < -0.39 is 0 Å². The van der Waals surface area contributed by atoms with Crippen molar-refractivity contribution in [2.45, 2.75) is 25.7 Å². The predicted molar refractivity (Wildman–Crippen MR) is 135 cm³/mol. The lowest BCUT2D eigenvalue weighted by Crippen LogP contribution is -2.39. The van der Waals surface area contributed by atoms with E-state index in [1.165, 1.54) is 0 Å². The molecule has 0 saturated heterocycles. The highest BCUT2D eigenvalue weighted by molar-refractivity contribution is 8.00. The Morgan fingerprint density at radius 2 is 1.77 bits per heavy atom. The van der Waals surface area contributed by atoms with Gasteiger partial charge in [-0.1, -0.05) is 49.4 Å². The lowest BCUT2D eigenvalue weighted by Gasteiger charge is -2.24. The average molecular weight is 480 g/mol. The van der Waals surface area contributed by atoms with Crippen LogP contribution >= 0.6 is 35.5 Å². The number of thioether (sulfide) groups is 1. The van der Waals surface area contributed by atoms with Crippen molar-refractivity contribution < 1.29 is 9.53 Å². The Kier molecular flexibility index (Phi) is 10.6. The van der Waals surface area contributed by atoms with E-state index in [0.717, 1.165) is 45.6 Å². The Bertz CT molecular complexity index is 948. The number of halogens is 1. The topological polar surface area (TPSA) is 45.7 Å². The molecule has 0 radical (unpaired) electrons. The Morgan fingerprint density at radius 3 is 2.45 bits per heavy atom. The number of hydrogen-bond acceptors (Lipinski definition) is 6. The summed E-state index contributed by atoms with van der Waals surface area (Å²) in [6, 6.07) is 16.0. The zero-order valence-electron chi connectivity index (χ0n) is 18.2. The van der Waals surface area contributed by atoms with Gasteiger partial charge in [-0.25, -0.2) is 4.98 Å². The van der Waals surface area contributed by atoms with E-state index in [9.17, 15) is 4.79 Å². The van der Waals surface area contributed by atoms with Gasteiger partial charge in [-0.3, -0.25) is 9.69 Å². The first-order valence-electron chi connectivity index (χ1n) is 10.4. The Balaban J connectivity index is 0.00000341. The maximum atomic E-state index is 13.2. The summed E-state index contributed by atoms with van der Waals surface area (Å²) in [5.74, 6) is 1.23. The first-order valence-corrected chi connectivity index (χ1v) is 12.2. The second kappa shape index (κ2) is 12.9. The van der Waals surface area contributed by atoms with Crippen molar-refractivity contribution in [3.8, 4) is 5.75 Å². The number of carbonyl (C=O) groups is 1. The van der Waals surface area contributed by atoms with Crippen molar-refractivity contribution in [2.75, 3.05) is 43.4 Å². The first-order chi connectivity index (χ1) is 14.7. The van der Waals surface area contributed by atoms with Gasteiger partial charge in [0.05, 0.1) is 17.1 Å². The summed E-state index contributed by atoms with van der Waals surface area (Å²) in [5.41, 5.74) is 0.829. The van der Waals surface area contributed by atoms with Crippen molar-refractivity contribution in [2.24, 2.45) is 0 Å². The summed E-state index contributed by atoms with van der Waals surface area (Å²) >= 11 is 3.11. The Morgan fingerprint density at radius 1 is 1.03 bits per heavy atom. The van der Waals surface area contributed by atoms with Crippen LogP contribution in [0.25, 0.3) is 10.2 Å². The molecule has 0 N–H and O–H groups in total. The summed E-state index contributed by atoms with van der Waals surface area (Å²) in [4.78, 5) is 23.3. The van der Waals surface area contributed by atoms with Gasteiger partial charge in [0.15, 0.2) is 5.13 Å². The predicted octanol–water partition coefficient (Wildman–Crippen LogP) is 5.58. The number of fused-ring (bicyclic) bond motifs is 1. The number of anilines is 1. The van der Waals surface area contributed by atoms with E-state index in [4.69, 9.17) is 9.72 Å². The number of hydrogen-bond donors (Lipinski definition) is 0. The highest BCUT2D eigenvalue weighted by atomic mass is 35.5. The van der Waals surface area contributed by atoms with Crippen LogP contribution in [-0.4, -0.2) is 54.3 Å². The molecule has 0 aliphatic rings. The van der Waals surface area contributed by atoms with Crippen LogP contribution in [0, 0.1) is 0 Å². The van der Waals surface area contributed by atoms with Crippen LogP contribution in [-0.2, 0) is 4.79 Å². The van der Waals surface area contributed by atoms with Gasteiger partial charge < -0.3 is 9.64 Å². The fourth-order valence-electron chi connectivity index (χ4n) is 3.15. The van der Waals surface area contributed by atoms with Crippen LogP contribution < -0.4 is 9.64 Å². The van der Waals surface area contributed by atoms with E-state index in [1.807, 2.05) is 60.4 Å². The summed E-state index contributed by atoms with van der Waals surface area (Å²) < 4.78 is 6.77. The zero-order valence-corrected chi connectivity index (χ0v) is 20.7. The monoisotopic (exact) mass is 479 g/mol. The van der Waals surface area contributed by atoms with Gasteiger partial charge in [0, 0.05) is 18.0 Å². The third-order valence-corrected chi connectivity index (χ3v) is 6.88. The highest BCUT2D eigenvalue weighted by Gasteiger charge is 2.21. The van der Waals surface area contributed by atoms with Gasteiger partial charge in [0.1, 0.15) is 11.3 Å². The maximum Gasteiger partial charge on any atom is 0.239 e. The van der Waals surface area contributed by atoms with Crippen LogP contribution in [0.1, 0.15) is 20.8 Å². The molecule has 5 nitrogen and oxygen atoms in total. The van der Waals surface area contributed by atoms with E-state index in [-0.39, 0.29) is 18.3 Å². The standard InChI is InChI=1S/C23H29N3O2S2.ClH/c1-4-25(5-2)15-16-26(21(27)17-29-18-11-8-7-9-12-18)23-24-22-19(28-6-3)13-10-14-20(22)30-23;/h7-14H,4-6,15-17H2,1-3H3;1H. The van der Waals surface area contributed by atoms with Crippen molar-refractivity contribution in [1.29, 1.82) is 0 Å². The molecule has 8 heteroatoms. The Hall–Kier alpha value is -1.80. The Labute approximate surface area is 199 Å². The van der Waals surface area contributed by atoms with Crippen molar-refractivity contribution in [1.82, 2.24) is 9.88 Å². The van der Waals surface area contributed by atoms with Gasteiger partial charge in [-0.2, -0.15) is 0 Å². The lowest BCUT2D eigenvalue weighted by atomic mass is 10.3. The quantitative estimate of drug-likeness (QED) is 0.336. The molecule has 0 saturated carbocycles. The second-order valence-corrected chi connectivity index (χ2v) is 8.76.